The molecule has 0 aromatic rings. The third-order valence-electron chi connectivity index (χ3n) is 1.83. The van der Waals surface area contributed by atoms with E-state index in [-0.39, 0.29) is 6.04 Å². The van der Waals surface area contributed by atoms with Gasteiger partial charge in [-0.3, -0.25) is 4.79 Å². The molecule has 0 aliphatic carbocycles. The van der Waals surface area contributed by atoms with Gasteiger partial charge in [0.05, 0.1) is 0 Å². The third kappa shape index (κ3) is 6.54. The number of rotatable bonds is 7. The second-order valence-corrected chi connectivity index (χ2v) is 3.42. The monoisotopic (exact) mass is 188 g/mol. The Morgan fingerprint density at radius 3 is 2.62 bits per heavy atom. The number of hydrogen-bond acceptors (Lipinski definition) is 3. The molecule has 2 atom stereocenters. The van der Waals surface area contributed by atoms with Crippen molar-refractivity contribution >= 4 is 5.97 Å². The SMILES string of the molecule is CCCCC(NCC(C)N)C(=O)O. The van der Waals surface area contributed by atoms with Crippen molar-refractivity contribution in [2.45, 2.75) is 45.2 Å². The molecule has 2 unspecified atom stereocenters. The molecule has 0 amide bonds. The molecule has 0 aliphatic heterocycles. The summed E-state index contributed by atoms with van der Waals surface area (Å²) in [4.78, 5) is 10.7. The van der Waals surface area contributed by atoms with Crippen molar-refractivity contribution in [3.63, 3.8) is 0 Å². The summed E-state index contributed by atoms with van der Waals surface area (Å²) < 4.78 is 0. The molecule has 0 saturated heterocycles. The predicted octanol–water partition coefficient (Wildman–Crippen LogP) is 0.567. The lowest BCUT2D eigenvalue weighted by Crippen LogP contribution is -2.42. The number of aliphatic carboxylic acids is 1. The van der Waals surface area contributed by atoms with Crippen LogP contribution in [0.3, 0.4) is 0 Å². The van der Waals surface area contributed by atoms with Crippen LogP contribution in [0.2, 0.25) is 0 Å². The molecule has 0 saturated carbocycles. The molecule has 4 N–H and O–H groups in total. The first kappa shape index (κ1) is 12.4. The zero-order valence-corrected chi connectivity index (χ0v) is 8.42. The van der Waals surface area contributed by atoms with Crippen LogP contribution in [0.25, 0.3) is 0 Å². The first-order valence-electron chi connectivity index (χ1n) is 4.79. The third-order valence-corrected chi connectivity index (χ3v) is 1.83. The zero-order valence-electron chi connectivity index (χ0n) is 8.42. The molecule has 4 nitrogen and oxygen atoms in total. The van der Waals surface area contributed by atoms with Crippen LogP contribution < -0.4 is 11.1 Å². The Bertz CT molecular complexity index is 149. The normalized spacial score (nSPS) is 15.3. The van der Waals surface area contributed by atoms with Gasteiger partial charge in [-0.05, 0) is 13.3 Å². The van der Waals surface area contributed by atoms with Gasteiger partial charge in [-0.1, -0.05) is 19.8 Å². The number of carbonyl (C=O) groups is 1. The summed E-state index contributed by atoms with van der Waals surface area (Å²) in [5.74, 6) is -0.783. The summed E-state index contributed by atoms with van der Waals surface area (Å²) in [6.45, 7) is 4.46. The molecule has 0 fully saturated rings. The van der Waals surface area contributed by atoms with Crippen LogP contribution in [-0.2, 0) is 4.79 Å². The first-order chi connectivity index (χ1) is 6.07. The van der Waals surface area contributed by atoms with Crippen molar-refractivity contribution in [3.05, 3.63) is 0 Å². The quantitative estimate of drug-likeness (QED) is 0.546. The fourth-order valence-electron chi connectivity index (χ4n) is 1.05. The lowest BCUT2D eigenvalue weighted by molar-refractivity contribution is -0.139. The summed E-state index contributed by atoms with van der Waals surface area (Å²) in [5, 5.41) is 11.7. The van der Waals surface area contributed by atoms with E-state index in [0.717, 1.165) is 12.8 Å². The standard InChI is InChI=1S/C9H20N2O2/c1-3-4-5-8(9(12)13)11-6-7(2)10/h7-8,11H,3-6,10H2,1-2H3,(H,12,13). The van der Waals surface area contributed by atoms with Crippen LogP contribution >= 0.6 is 0 Å². The van der Waals surface area contributed by atoms with Crippen molar-refractivity contribution in [1.82, 2.24) is 5.32 Å². The van der Waals surface area contributed by atoms with Gasteiger partial charge < -0.3 is 16.2 Å². The molecular formula is C9H20N2O2. The maximum absolute atomic E-state index is 10.7. The van der Waals surface area contributed by atoms with Gasteiger partial charge in [0.2, 0.25) is 0 Å². The van der Waals surface area contributed by atoms with Crippen molar-refractivity contribution in [2.24, 2.45) is 5.73 Å². The van der Waals surface area contributed by atoms with E-state index in [1.165, 1.54) is 0 Å². The molecule has 0 spiro atoms. The number of nitrogens with one attached hydrogen (secondary N) is 1. The molecule has 0 bridgehead atoms. The predicted molar refractivity (Wildman–Crippen MR) is 52.6 cm³/mol. The highest BCUT2D eigenvalue weighted by atomic mass is 16.4. The van der Waals surface area contributed by atoms with Crippen LogP contribution in [0.5, 0.6) is 0 Å². The van der Waals surface area contributed by atoms with Gasteiger partial charge >= 0.3 is 5.97 Å². The van der Waals surface area contributed by atoms with Gasteiger partial charge in [0.25, 0.3) is 0 Å². The highest BCUT2D eigenvalue weighted by molar-refractivity contribution is 5.73. The van der Waals surface area contributed by atoms with E-state index in [4.69, 9.17) is 10.8 Å². The molecule has 13 heavy (non-hydrogen) atoms. The van der Waals surface area contributed by atoms with Gasteiger partial charge in [0, 0.05) is 12.6 Å². The van der Waals surface area contributed by atoms with E-state index in [1.807, 2.05) is 13.8 Å². The van der Waals surface area contributed by atoms with Gasteiger partial charge in [0.1, 0.15) is 6.04 Å². The largest absolute Gasteiger partial charge is 0.480 e. The number of nitrogens with two attached hydrogens (primary N) is 1. The van der Waals surface area contributed by atoms with Crippen LogP contribution in [0.15, 0.2) is 0 Å². The van der Waals surface area contributed by atoms with Crippen molar-refractivity contribution in [1.29, 1.82) is 0 Å². The van der Waals surface area contributed by atoms with Crippen molar-refractivity contribution in [2.75, 3.05) is 6.54 Å². The summed E-state index contributed by atoms with van der Waals surface area (Å²) in [6, 6.07) is -0.436. The molecule has 0 aliphatic rings. The number of carboxylic acids is 1. The second-order valence-electron chi connectivity index (χ2n) is 3.42. The molecule has 78 valence electrons. The van der Waals surface area contributed by atoms with Gasteiger partial charge in [-0.25, -0.2) is 0 Å². The average molecular weight is 188 g/mol. The Balaban J connectivity index is 3.74. The lowest BCUT2D eigenvalue weighted by Gasteiger charge is -2.15. The summed E-state index contributed by atoms with van der Waals surface area (Å²) in [7, 11) is 0. The number of hydrogen-bond donors (Lipinski definition) is 3. The molecule has 0 aromatic carbocycles. The Kier molecular flexibility index (Phi) is 6.54. The fourth-order valence-corrected chi connectivity index (χ4v) is 1.05. The number of unbranched alkanes of at least 4 members (excludes halogenated alkanes) is 1. The average Bonchev–Trinajstić information content (AvgIpc) is 2.03. The van der Waals surface area contributed by atoms with Crippen molar-refractivity contribution in [3.8, 4) is 0 Å². The molecule has 0 aromatic heterocycles. The molecule has 0 rings (SSSR count). The molecular weight excluding hydrogens is 168 g/mol. The second kappa shape index (κ2) is 6.86. The Labute approximate surface area is 79.5 Å². The lowest BCUT2D eigenvalue weighted by atomic mass is 10.1. The van der Waals surface area contributed by atoms with E-state index in [2.05, 4.69) is 5.32 Å². The summed E-state index contributed by atoms with van der Waals surface area (Å²) in [6.07, 6.45) is 2.63. The minimum Gasteiger partial charge on any atom is -0.480 e. The Morgan fingerprint density at radius 2 is 2.23 bits per heavy atom. The maximum Gasteiger partial charge on any atom is 0.320 e. The summed E-state index contributed by atoms with van der Waals surface area (Å²) >= 11 is 0. The van der Waals surface area contributed by atoms with Crippen LogP contribution in [0.4, 0.5) is 0 Å². The van der Waals surface area contributed by atoms with Gasteiger partial charge in [0.15, 0.2) is 0 Å². The summed E-state index contributed by atoms with van der Waals surface area (Å²) in [5.41, 5.74) is 5.51. The minimum atomic E-state index is -0.783. The van der Waals surface area contributed by atoms with E-state index < -0.39 is 12.0 Å². The van der Waals surface area contributed by atoms with Gasteiger partial charge in [-0.15, -0.1) is 0 Å². The van der Waals surface area contributed by atoms with Crippen LogP contribution in [0.1, 0.15) is 33.1 Å². The van der Waals surface area contributed by atoms with Gasteiger partial charge in [-0.2, -0.15) is 0 Å². The van der Waals surface area contributed by atoms with Crippen LogP contribution in [0, 0.1) is 0 Å². The maximum atomic E-state index is 10.7. The van der Waals surface area contributed by atoms with E-state index in [0.29, 0.717) is 13.0 Å². The molecule has 4 heteroatoms. The zero-order chi connectivity index (χ0) is 10.3. The highest BCUT2D eigenvalue weighted by Crippen LogP contribution is 2.00. The van der Waals surface area contributed by atoms with E-state index in [1.54, 1.807) is 0 Å². The molecule has 0 radical (unpaired) electrons. The first-order valence-corrected chi connectivity index (χ1v) is 4.79. The van der Waals surface area contributed by atoms with Crippen LogP contribution in [-0.4, -0.2) is 29.7 Å². The Morgan fingerprint density at radius 1 is 1.62 bits per heavy atom. The van der Waals surface area contributed by atoms with E-state index >= 15 is 0 Å². The van der Waals surface area contributed by atoms with E-state index in [9.17, 15) is 4.79 Å². The molecule has 0 heterocycles. The topological polar surface area (TPSA) is 75.3 Å². The van der Waals surface area contributed by atoms with Crippen molar-refractivity contribution < 1.29 is 9.90 Å². The highest BCUT2D eigenvalue weighted by Gasteiger charge is 2.15. The fraction of sp³-hybridized carbons (Fsp3) is 0.889. The smallest absolute Gasteiger partial charge is 0.320 e. The Hall–Kier alpha value is -0.610. The number of carboxylic acid groups (broad SMARTS) is 1. The minimum absolute atomic E-state index is 0.00322.